The van der Waals surface area contributed by atoms with Crippen LogP contribution in [0.25, 0.3) is 0 Å². The minimum Gasteiger partial charge on any atom is -0.371 e. The van der Waals surface area contributed by atoms with Gasteiger partial charge < -0.3 is 16.0 Å². The van der Waals surface area contributed by atoms with Crippen LogP contribution >= 0.6 is 15.9 Å². The molecule has 2 saturated heterocycles. The van der Waals surface area contributed by atoms with Crippen molar-refractivity contribution in [3.8, 4) is 0 Å². The van der Waals surface area contributed by atoms with Gasteiger partial charge in [0, 0.05) is 35.3 Å². The number of fused-ring (bicyclic) bond motifs is 2. The minimum absolute atomic E-state index is 0.397. The standard InChI is InChI=1S/C15H20BrN3O/c1-19(12-6-9-2-3-10(7-12)18-9)11-4-5-13(15(17)20)14(16)8-11/h4-5,8-10,12,18H,2-3,6-7H2,1H3,(H2,17,20). The Morgan fingerprint density at radius 1 is 1.35 bits per heavy atom. The summed E-state index contributed by atoms with van der Waals surface area (Å²) in [4.78, 5) is 13.6. The van der Waals surface area contributed by atoms with Gasteiger partial charge >= 0.3 is 0 Å². The van der Waals surface area contributed by atoms with Crippen LogP contribution in [0.2, 0.25) is 0 Å². The average molecular weight is 338 g/mol. The SMILES string of the molecule is CN(c1ccc(C(N)=O)c(Br)c1)C1CC2CCC(C1)N2. The molecule has 4 nitrogen and oxygen atoms in total. The summed E-state index contributed by atoms with van der Waals surface area (Å²) >= 11 is 3.44. The van der Waals surface area contributed by atoms with E-state index in [1.54, 1.807) is 6.07 Å². The molecule has 2 fully saturated rings. The maximum absolute atomic E-state index is 11.3. The Balaban J connectivity index is 1.78. The zero-order valence-corrected chi connectivity index (χ0v) is 13.2. The number of nitrogens with one attached hydrogen (secondary N) is 1. The normalized spacial score (nSPS) is 28.4. The molecule has 0 radical (unpaired) electrons. The first-order valence-corrected chi connectivity index (χ1v) is 7.92. The van der Waals surface area contributed by atoms with Gasteiger partial charge in [0.25, 0.3) is 0 Å². The minimum atomic E-state index is -0.397. The third kappa shape index (κ3) is 2.56. The van der Waals surface area contributed by atoms with E-state index in [1.165, 1.54) is 25.7 Å². The van der Waals surface area contributed by atoms with Crippen LogP contribution in [0.5, 0.6) is 0 Å². The molecule has 0 aromatic heterocycles. The first-order valence-electron chi connectivity index (χ1n) is 7.13. The molecular formula is C15H20BrN3O. The number of rotatable bonds is 3. The van der Waals surface area contributed by atoms with Crippen molar-refractivity contribution in [2.75, 3.05) is 11.9 Å². The topological polar surface area (TPSA) is 58.4 Å². The molecule has 0 aliphatic carbocycles. The maximum atomic E-state index is 11.3. The molecule has 1 aromatic carbocycles. The number of hydrogen-bond donors (Lipinski definition) is 2. The highest BCUT2D eigenvalue weighted by Gasteiger charge is 2.35. The van der Waals surface area contributed by atoms with Gasteiger partial charge in [-0.15, -0.1) is 0 Å². The van der Waals surface area contributed by atoms with Gasteiger partial charge in [-0.1, -0.05) is 0 Å². The van der Waals surface area contributed by atoms with Gasteiger partial charge in [0.1, 0.15) is 0 Å². The van der Waals surface area contributed by atoms with Crippen LogP contribution in [0.3, 0.4) is 0 Å². The Bertz CT molecular complexity index is 522. The Kier molecular flexibility index (Phi) is 3.73. The molecule has 3 N–H and O–H groups in total. The number of carbonyl (C=O) groups is 1. The number of carbonyl (C=O) groups excluding carboxylic acids is 1. The molecule has 2 aliphatic rings. The third-order valence-corrected chi connectivity index (χ3v) is 5.28. The van der Waals surface area contributed by atoms with Gasteiger partial charge in [-0.2, -0.15) is 0 Å². The van der Waals surface area contributed by atoms with E-state index in [0.29, 0.717) is 23.7 Å². The fraction of sp³-hybridized carbons (Fsp3) is 0.533. The molecule has 2 heterocycles. The lowest BCUT2D eigenvalue weighted by molar-refractivity contribution is 0.0999. The molecule has 2 atom stereocenters. The summed E-state index contributed by atoms with van der Waals surface area (Å²) < 4.78 is 0.770. The highest BCUT2D eigenvalue weighted by molar-refractivity contribution is 9.10. The second-order valence-corrected chi connectivity index (χ2v) is 6.76. The van der Waals surface area contributed by atoms with Crippen molar-refractivity contribution in [1.82, 2.24) is 5.32 Å². The van der Waals surface area contributed by atoms with Crippen molar-refractivity contribution in [3.05, 3.63) is 28.2 Å². The third-order valence-electron chi connectivity index (χ3n) is 4.62. The molecule has 2 bridgehead atoms. The second-order valence-electron chi connectivity index (χ2n) is 5.90. The van der Waals surface area contributed by atoms with E-state index in [-0.39, 0.29) is 0 Å². The lowest BCUT2D eigenvalue weighted by atomic mass is 9.98. The molecule has 2 aliphatic heterocycles. The predicted octanol–water partition coefficient (Wildman–Crippen LogP) is 2.27. The maximum Gasteiger partial charge on any atom is 0.249 e. The van der Waals surface area contributed by atoms with Crippen LogP contribution < -0.4 is 16.0 Å². The highest BCUT2D eigenvalue weighted by atomic mass is 79.9. The van der Waals surface area contributed by atoms with E-state index in [4.69, 9.17) is 5.73 Å². The second kappa shape index (κ2) is 5.37. The number of benzene rings is 1. The van der Waals surface area contributed by atoms with Crippen LogP contribution in [-0.4, -0.2) is 31.1 Å². The molecule has 2 unspecified atom stereocenters. The van der Waals surface area contributed by atoms with Crippen molar-refractivity contribution in [3.63, 3.8) is 0 Å². The van der Waals surface area contributed by atoms with E-state index in [0.717, 1.165) is 10.2 Å². The first-order chi connectivity index (χ1) is 9.54. The number of primary amides is 1. The molecule has 1 aromatic rings. The quantitative estimate of drug-likeness (QED) is 0.889. The fourth-order valence-electron chi connectivity index (χ4n) is 3.48. The predicted molar refractivity (Wildman–Crippen MR) is 84.0 cm³/mol. The van der Waals surface area contributed by atoms with Crippen molar-refractivity contribution < 1.29 is 4.79 Å². The summed E-state index contributed by atoms with van der Waals surface area (Å²) in [5.74, 6) is -0.397. The Labute approximate surface area is 127 Å². The van der Waals surface area contributed by atoms with Gasteiger partial charge in [-0.3, -0.25) is 4.79 Å². The van der Waals surface area contributed by atoms with Gasteiger partial charge in [0.05, 0.1) is 5.56 Å². The van der Waals surface area contributed by atoms with Crippen LogP contribution in [0.1, 0.15) is 36.0 Å². The molecule has 5 heteroatoms. The van der Waals surface area contributed by atoms with Crippen LogP contribution in [0.4, 0.5) is 5.69 Å². The monoisotopic (exact) mass is 337 g/mol. The smallest absolute Gasteiger partial charge is 0.249 e. The fourth-order valence-corrected chi connectivity index (χ4v) is 4.04. The summed E-state index contributed by atoms with van der Waals surface area (Å²) in [5.41, 5.74) is 7.00. The summed E-state index contributed by atoms with van der Waals surface area (Å²) in [5, 5.41) is 3.66. The molecule has 108 valence electrons. The van der Waals surface area contributed by atoms with Crippen LogP contribution in [-0.2, 0) is 0 Å². The average Bonchev–Trinajstić information content (AvgIpc) is 2.76. The van der Waals surface area contributed by atoms with Crippen LogP contribution in [0.15, 0.2) is 22.7 Å². The number of anilines is 1. The van der Waals surface area contributed by atoms with Crippen LogP contribution in [0, 0.1) is 0 Å². The van der Waals surface area contributed by atoms with Gasteiger partial charge in [0.15, 0.2) is 0 Å². The lowest BCUT2D eigenvalue weighted by Crippen LogP contribution is -2.47. The summed E-state index contributed by atoms with van der Waals surface area (Å²) in [6.45, 7) is 0. The lowest BCUT2D eigenvalue weighted by Gasteiger charge is -2.37. The molecular weight excluding hydrogens is 318 g/mol. The van der Waals surface area contributed by atoms with Crippen molar-refractivity contribution >= 4 is 27.5 Å². The number of nitrogens with two attached hydrogens (primary N) is 1. The Morgan fingerprint density at radius 3 is 2.55 bits per heavy atom. The van der Waals surface area contributed by atoms with Gasteiger partial charge in [0.2, 0.25) is 5.91 Å². The van der Waals surface area contributed by atoms with Crippen molar-refractivity contribution in [2.45, 2.75) is 43.8 Å². The number of piperidine rings is 1. The number of halogens is 1. The largest absolute Gasteiger partial charge is 0.371 e. The molecule has 3 rings (SSSR count). The van der Waals surface area contributed by atoms with Crippen molar-refractivity contribution in [1.29, 1.82) is 0 Å². The summed E-state index contributed by atoms with van der Waals surface area (Å²) in [7, 11) is 2.14. The first kappa shape index (κ1) is 13.9. The van der Waals surface area contributed by atoms with E-state index >= 15 is 0 Å². The Morgan fingerprint density at radius 2 is 2.00 bits per heavy atom. The zero-order valence-electron chi connectivity index (χ0n) is 11.6. The zero-order chi connectivity index (χ0) is 14.3. The molecule has 0 saturated carbocycles. The van der Waals surface area contributed by atoms with E-state index < -0.39 is 5.91 Å². The van der Waals surface area contributed by atoms with E-state index in [1.807, 2.05) is 12.1 Å². The van der Waals surface area contributed by atoms with E-state index in [9.17, 15) is 4.79 Å². The number of hydrogen-bond acceptors (Lipinski definition) is 3. The van der Waals surface area contributed by atoms with Crippen molar-refractivity contribution in [2.24, 2.45) is 5.73 Å². The molecule has 1 amide bonds. The Hall–Kier alpha value is -1.07. The number of amides is 1. The molecule has 20 heavy (non-hydrogen) atoms. The highest BCUT2D eigenvalue weighted by Crippen LogP contribution is 2.32. The van der Waals surface area contributed by atoms with E-state index in [2.05, 4.69) is 33.2 Å². The number of nitrogens with zero attached hydrogens (tertiary/aromatic N) is 1. The molecule has 0 spiro atoms. The summed E-state index contributed by atoms with van der Waals surface area (Å²) in [6.07, 6.45) is 5.00. The summed E-state index contributed by atoms with van der Waals surface area (Å²) in [6, 6.07) is 7.69. The van der Waals surface area contributed by atoms with Gasteiger partial charge in [-0.25, -0.2) is 0 Å². The van der Waals surface area contributed by atoms with Gasteiger partial charge in [-0.05, 0) is 59.8 Å².